The molecule has 2 aromatic rings. The second kappa shape index (κ2) is 6.30. The molecular formula is C15H15ClN2O2. The lowest BCUT2D eigenvalue weighted by atomic mass is 10.1. The molecule has 2 aromatic carbocycles. The zero-order valence-electron chi connectivity index (χ0n) is 11.0. The summed E-state index contributed by atoms with van der Waals surface area (Å²) >= 11 is 5.97. The molecule has 20 heavy (non-hydrogen) atoms. The van der Waals surface area contributed by atoms with Gasteiger partial charge in [-0.15, -0.1) is 0 Å². The minimum atomic E-state index is -0.218. The van der Waals surface area contributed by atoms with E-state index in [4.69, 9.17) is 22.1 Å². The van der Waals surface area contributed by atoms with Crippen LogP contribution in [-0.2, 0) is 6.54 Å². The van der Waals surface area contributed by atoms with Crippen molar-refractivity contribution in [2.24, 2.45) is 0 Å². The normalized spacial score (nSPS) is 10.1. The Balaban J connectivity index is 2.04. The van der Waals surface area contributed by atoms with E-state index in [0.717, 1.165) is 5.56 Å². The molecule has 0 radical (unpaired) electrons. The number of carbonyl (C=O) groups excluding carboxylic acids is 1. The van der Waals surface area contributed by atoms with Gasteiger partial charge in [-0.25, -0.2) is 0 Å². The summed E-state index contributed by atoms with van der Waals surface area (Å²) in [5.74, 6) is 0.399. The van der Waals surface area contributed by atoms with E-state index >= 15 is 0 Å². The van der Waals surface area contributed by atoms with Crippen molar-refractivity contribution < 1.29 is 9.53 Å². The van der Waals surface area contributed by atoms with Crippen molar-refractivity contribution in [3.05, 3.63) is 58.6 Å². The number of amides is 1. The highest BCUT2D eigenvalue weighted by atomic mass is 35.5. The molecular weight excluding hydrogens is 276 g/mol. The van der Waals surface area contributed by atoms with E-state index in [2.05, 4.69) is 5.32 Å². The molecule has 0 saturated carbocycles. The van der Waals surface area contributed by atoms with Gasteiger partial charge in [0.15, 0.2) is 0 Å². The molecule has 0 aliphatic heterocycles. The van der Waals surface area contributed by atoms with Gasteiger partial charge in [-0.05, 0) is 29.8 Å². The summed E-state index contributed by atoms with van der Waals surface area (Å²) in [6.07, 6.45) is 0. The largest absolute Gasteiger partial charge is 0.495 e. The fourth-order valence-corrected chi connectivity index (χ4v) is 2.04. The van der Waals surface area contributed by atoms with Crippen LogP contribution in [-0.4, -0.2) is 13.0 Å². The summed E-state index contributed by atoms with van der Waals surface area (Å²) in [6, 6.07) is 12.3. The van der Waals surface area contributed by atoms with Crippen molar-refractivity contribution in [3.8, 4) is 5.75 Å². The summed E-state index contributed by atoms with van der Waals surface area (Å²) in [4.78, 5) is 12.0. The monoisotopic (exact) mass is 290 g/mol. The first kappa shape index (κ1) is 14.2. The average Bonchev–Trinajstić information content (AvgIpc) is 2.45. The number of carbonyl (C=O) groups is 1. The molecule has 0 bridgehead atoms. The lowest BCUT2D eigenvalue weighted by Gasteiger charge is -2.09. The number of hydrogen-bond donors (Lipinski definition) is 2. The summed E-state index contributed by atoms with van der Waals surface area (Å²) in [5.41, 5.74) is 7.70. The number of anilines is 1. The molecule has 1 amide bonds. The molecule has 0 aromatic heterocycles. The van der Waals surface area contributed by atoms with Crippen molar-refractivity contribution in [1.82, 2.24) is 5.32 Å². The molecule has 0 atom stereocenters. The van der Waals surface area contributed by atoms with Crippen LogP contribution >= 0.6 is 11.6 Å². The van der Waals surface area contributed by atoms with Gasteiger partial charge in [-0.2, -0.15) is 0 Å². The number of benzene rings is 2. The van der Waals surface area contributed by atoms with Crippen LogP contribution in [0.15, 0.2) is 42.5 Å². The highest BCUT2D eigenvalue weighted by molar-refractivity contribution is 6.33. The highest BCUT2D eigenvalue weighted by Gasteiger charge is 2.09. The van der Waals surface area contributed by atoms with Crippen LogP contribution in [0.2, 0.25) is 5.02 Å². The zero-order chi connectivity index (χ0) is 14.5. The Morgan fingerprint density at radius 3 is 2.70 bits per heavy atom. The maximum Gasteiger partial charge on any atom is 0.253 e. The topological polar surface area (TPSA) is 64.3 Å². The third kappa shape index (κ3) is 3.22. The Morgan fingerprint density at radius 2 is 2.05 bits per heavy atom. The van der Waals surface area contributed by atoms with Crippen LogP contribution in [0.1, 0.15) is 15.9 Å². The van der Waals surface area contributed by atoms with Crippen molar-refractivity contribution in [2.75, 3.05) is 12.8 Å². The summed E-state index contributed by atoms with van der Waals surface area (Å²) in [6.45, 7) is 0.373. The summed E-state index contributed by atoms with van der Waals surface area (Å²) in [7, 11) is 1.56. The SMILES string of the molecule is COc1ccc(CNC(=O)c2ccccc2Cl)cc1N. The average molecular weight is 291 g/mol. The van der Waals surface area contributed by atoms with Gasteiger partial charge >= 0.3 is 0 Å². The van der Waals surface area contributed by atoms with E-state index in [-0.39, 0.29) is 5.91 Å². The molecule has 0 spiro atoms. The number of ether oxygens (including phenoxy) is 1. The Morgan fingerprint density at radius 1 is 1.30 bits per heavy atom. The van der Waals surface area contributed by atoms with Crippen LogP contribution in [0.5, 0.6) is 5.75 Å². The molecule has 4 nitrogen and oxygen atoms in total. The van der Waals surface area contributed by atoms with E-state index in [1.807, 2.05) is 6.07 Å². The quantitative estimate of drug-likeness (QED) is 0.851. The van der Waals surface area contributed by atoms with E-state index in [0.29, 0.717) is 28.6 Å². The molecule has 3 N–H and O–H groups in total. The predicted octanol–water partition coefficient (Wildman–Crippen LogP) is 2.86. The molecule has 0 fully saturated rings. The summed E-state index contributed by atoms with van der Waals surface area (Å²) < 4.78 is 5.08. The fourth-order valence-electron chi connectivity index (χ4n) is 1.82. The van der Waals surface area contributed by atoms with Crippen LogP contribution in [0, 0.1) is 0 Å². The lowest BCUT2D eigenvalue weighted by Crippen LogP contribution is -2.23. The second-order valence-corrected chi connectivity index (χ2v) is 4.65. The molecule has 2 rings (SSSR count). The number of hydrogen-bond acceptors (Lipinski definition) is 3. The number of halogens is 1. The predicted molar refractivity (Wildman–Crippen MR) is 80.0 cm³/mol. The Bertz CT molecular complexity index is 629. The molecule has 0 aliphatic carbocycles. The van der Waals surface area contributed by atoms with Gasteiger partial charge < -0.3 is 15.8 Å². The molecule has 0 aliphatic rings. The Hall–Kier alpha value is -2.20. The minimum absolute atomic E-state index is 0.218. The smallest absolute Gasteiger partial charge is 0.253 e. The molecule has 0 unspecified atom stereocenters. The standard InChI is InChI=1S/C15H15ClN2O2/c1-20-14-7-6-10(8-13(14)17)9-18-15(19)11-4-2-3-5-12(11)16/h2-8H,9,17H2,1H3,(H,18,19). The highest BCUT2D eigenvalue weighted by Crippen LogP contribution is 2.22. The van der Waals surface area contributed by atoms with Crippen LogP contribution in [0.3, 0.4) is 0 Å². The molecule has 104 valence electrons. The lowest BCUT2D eigenvalue weighted by molar-refractivity contribution is 0.0951. The first-order valence-electron chi connectivity index (χ1n) is 6.07. The number of rotatable bonds is 4. The Kier molecular flexibility index (Phi) is 4.48. The van der Waals surface area contributed by atoms with Crippen molar-refractivity contribution in [3.63, 3.8) is 0 Å². The van der Waals surface area contributed by atoms with Gasteiger partial charge in [0.25, 0.3) is 5.91 Å². The first-order chi connectivity index (χ1) is 9.61. The van der Waals surface area contributed by atoms with E-state index in [1.54, 1.807) is 43.5 Å². The fraction of sp³-hybridized carbons (Fsp3) is 0.133. The van der Waals surface area contributed by atoms with Gasteiger partial charge in [0.2, 0.25) is 0 Å². The maximum atomic E-state index is 12.0. The third-order valence-electron chi connectivity index (χ3n) is 2.87. The molecule has 0 heterocycles. The number of nitrogens with one attached hydrogen (secondary N) is 1. The second-order valence-electron chi connectivity index (χ2n) is 4.24. The molecule has 5 heteroatoms. The van der Waals surface area contributed by atoms with Crippen LogP contribution in [0.4, 0.5) is 5.69 Å². The van der Waals surface area contributed by atoms with E-state index < -0.39 is 0 Å². The molecule has 0 saturated heterocycles. The third-order valence-corrected chi connectivity index (χ3v) is 3.20. The number of nitrogens with two attached hydrogens (primary N) is 1. The van der Waals surface area contributed by atoms with Crippen molar-refractivity contribution in [1.29, 1.82) is 0 Å². The Labute approximate surface area is 122 Å². The van der Waals surface area contributed by atoms with Gasteiger partial charge in [0, 0.05) is 6.54 Å². The van der Waals surface area contributed by atoms with E-state index in [9.17, 15) is 4.79 Å². The van der Waals surface area contributed by atoms with Gasteiger partial charge in [0.1, 0.15) is 5.75 Å². The zero-order valence-corrected chi connectivity index (χ0v) is 11.8. The minimum Gasteiger partial charge on any atom is -0.495 e. The van der Waals surface area contributed by atoms with Gasteiger partial charge in [0.05, 0.1) is 23.4 Å². The van der Waals surface area contributed by atoms with Crippen molar-refractivity contribution in [2.45, 2.75) is 6.54 Å². The first-order valence-corrected chi connectivity index (χ1v) is 6.44. The van der Waals surface area contributed by atoms with Gasteiger partial charge in [-0.3, -0.25) is 4.79 Å². The van der Waals surface area contributed by atoms with Crippen LogP contribution in [0.25, 0.3) is 0 Å². The van der Waals surface area contributed by atoms with Crippen molar-refractivity contribution >= 4 is 23.2 Å². The van der Waals surface area contributed by atoms with Gasteiger partial charge in [-0.1, -0.05) is 29.8 Å². The maximum absolute atomic E-state index is 12.0. The van der Waals surface area contributed by atoms with E-state index in [1.165, 1.54) is 0 Å². The van der Waals surface area contributed by atoms with Crippen LogP contribution < -0.4 is 15.8 Å². The number of nitrogen functional groups attached to an aromatic ring is 1. The summed E-state index contributed by atoms with van der Waals surface area (Å²) in [5, 5.41) is 3.23. The number of methoxy groups -OCH3 is 1.